The minimum Gasteiger partial charge on any atom is -0.497 e. The van der Waals surface area contributed by atoms with E-state index < -0.39 is 17.9 Å². The van der Waals surface area contributed by atoms with Gasteiger partial charge in [0, 0.05) is 12.1 Å². The molecule has 0 saturated heterocycles. The van der Waals surface area contributed by atoms with Gasteiger partial charge < -0.3 is 19.3 Å². The predicted octanol–water partition coefficient (Wildman–Crippen LogP) is 1.05. The molecule has 0 aromatic heterocycles. The molecule has 1 N–H and O–H groups in total. The SMILES string of the molecule is COC(=O)C(O)c1c(F)cc(OC)cc1OC. The number of aliphatic hydroxyl groups excluding tert-OH is 1. The van der Waals surface area contributed by atoms with Crippen LogP contribution in [-0.2, 0) is 9.53 Å². The molecule has 6 heteroatoms. The summed E-state index contributed by atoms with van der Waals surface area (Å²) in [5.74, 6) is -1.54. The van der Waals surface area contributed by atoms with Gasteiger partial charge in [-0.05, 0) is 0 Å². The lowest BCUT2D eigenvalue weighted by molar-refractivity contribution is -0.151. The summed E-state index contributed by atoms with van der Waals surface area (Å²) in [6, 6.07) is 2.41. The maximum absolute atomic E-state index is 13.7. The zero-order chi connectivity index (χ0) is 13.0. The number of aliphatic hydroxyl groups is 1. The highest BCUT2D eigenvalue weighted by Gasteiger charge is 2.26. The van der Waals surface area contributed by atoms with E-state index in [-0.39, 0.29) is 17.1 Å². The maximum Gasteiger partial charge on any atom is 0.339 e. The summed E-state index contributed by atoms with van der Waals surface area (Å²) in [5.41, 5.74) is -0.278. The molecule has 0 radical (unpaired) electrons. The molecule has 0 amide bonds. The first-order valence-electron chi connectivity index (χ1n) is 4.72. The number of rotatable bonds is 4. The molecule has 94 valence electrons. The molecule has 0 aliphatic heterocycles. The topological polar surface area (TPSA) is 65.0 Å². The van der Waals surface area contributed by atoms with Gasteiger partial charge in [0.2, 0.25) is 0 Å². The lowest BCUT2D eigenvalue weighted by atomic mass is 10.1. The van der Waals surface area contributed by atoms with Gasteiger partial charge in [0.25, 0.3) is 0 Å². The number of carbonyl (C=O) groups excluding carboxylic acids is 1. The first-order chi connectivity index (χ1) is 8.04. The van der Waals surface area contributed by atoms with E-state index >= 15 is 0 Å². The number of ether oxygens (including phenoxy) is 3. The van der Waals surface area contributed by atoms with Crippen LogP contribution in [0.2, 0.25) is 0 Å². The van der Waals surface area contributed by atoms with Crippen molar-refractivity contribution in [3.63, 3.8) is 0 Å². The molecular formula is C11H13FO5. The number of hydrogen-bond acceptors (Lipinski definition) is 5. The van der Waals surface area contributed by atoms with E-state index in [0.29, 0.717) is 0 Å². The normalized spacial score (nSPS) is 11.8. The van der Waals surface area contributed by atoms with Crippen LogP contribution in [0.3, 0.4) is 0 Å². The first-order valence-corrected chi connectivity index (χ1v) is 4.72. The number of hydrogen-bond donors (Lipinski definition) is 1. The number of carbonyl (C=O) groups is 1. The van der Waals surface area contributed by atoms with Crippen LogP contribution in [-0.4, -0.2) is 32.4 Å². The zero-order valence-electron chi connectivity index (χ0n) is 9.69. The summed E-state index contributed by atoms with van der Waals surface area (Å²) >= 11 is 0. The van der Waals surface area contributed by atoms with E-state index in [2.05, 4.69) is 4.74 Å². The Bertz CT molecular complexity index is 419. The zero-order valence-corrected chi connectivity index (χ0v) is 9.69. The molecule has 0 aliphatic carbocycles. The summed E-state index contributed by atoms with van der Waals surface area (Å²) in [4.78, 5) is 11.2. The van der Waals surface area contributed by atoms with Crippen molar-refractivity contribution in [3.8, 4) is 11.5 Å². The number of esters is 1. The van der Waals surface area contributed by atoms with E-state index in [4.69, 9.17) is 9.47 Å². The van der Waals surface area contributed by atoms with Crippen molar-refractivity contribution in [1.29, 1.82) is 0 Å². The van der Waals surface area contributed by atoms with Crippen molar-refractivity contribution in [2.24, 2.45) is 0 Å². The van der Waals surface area contributed by atoms with Gasteiger partial charge in [-0.2, -0.15) is 0 Å². The largest absolute Gasteiger partial charge is 0.497 e. The van der Waals surface area contributed by atoms with Crippen molar-refractivity contribution in [2.45, 2.75) is 6.10 Å². The van der Waals surface area contributed by atoms with E-state index in [9.17, 15) is 14.3 Å². The fourth-order valence-electron chi connectivity index (χ4n) is 1.35. The van der Waals surface area contributed by atoms with Gasteiger partial charge in [0.05, 0.1) is 26.9 Å². The second-order valence-electron chi connectivity index (χ2n) is 3.15. The van der Waals surface area contributed by atoms with Crippen molar-refractivity contribution in [3.05, 3.63) is 23.5 Å². The predicted molar refractivity (Wildman–Crippen MR) is 56.5 cm³/mol. The van der Waals surface area contributed by atoms with Crippen LogP contribution in [0.25, 0.3) is 0 Å². The Hall–Kier alpha value is -1.82. The minimum atomic E-state index is -1.74. The molecule has 0 bridgehead atoms. The quantitative estimate of drug-likeness (QED) is 0.802. The van der Waals surface area contributed by atoms with Gasteiger partial charge in [-0.15, -0.1) is 0 Å². The van der Waals surface area contributed by atoms with Gasteiger partial charge in [-0.3, -0.25) is 0 Å². The lowest BCUT2D eigenvalue weighted by Crippen LogP contribution is -2.16. The van der Waals surface area contributed by atoms with Crippen LogP contribution in [0.5, 0.6) is 11.5 Å². The van der Waals surface area contributed by atoms with Gasteiger partial charge in [0.15, 0.2) is 6.10 Å². The highest BCUT2D eigenvalue weighted by molar-refractivity contribution is 5.77. The molecule has 5 nitrogen and oxygen atoms in total. The Balaban J connectivity index is 3.27. The standard InChI is InChI=1S/C11H13FO5/c1-15-6-4-7(12)9(8(5-6)16-2)10(13)11(14)17-3/h4-5,10,13H,1-3H3. The van der Waals surface area contributed by atoms with Crippen molar-refractivity contribution in [1.82, 2.24) is 0 Å². The molecule has 1 aromatic rings. The molecule has 1 atom stereocenters. The van der Waals surface area contributed by atoms with Crippen molar-refractivity contribution < 1.29 is 28.5 Å². The van der Waals surface area contributed by atoms with E-state index in [0.717, 1.165) is 13.2 Å². The summed E-state index contributed by atoms with van der Waals surface area (Å²) in [7, 11) is 3.76. The van der Waals surface area contributed by atoms with Gasteiger partial charge >= 0.3 is 5.97 Å². The number of halogens is 1. The van der Waals surface area contributed by atoms with Gasteiger partial charge in [0.1, 0.15) is 17.3 Å². The average molecular weight is 244 g/mol. The molecule has 0 saturated carbocycles. The average Bonchev–Trinajstić information content (AvgIpc) is 2.35. The van der Waals surface area contributed by atoms with Crippen LogP contribution in [0, 0.1) is 5.82 Å². The van der Waals surface area contributed by atoms with Crippen molar-refractivity contribution >= 4 is 5.97 Å². The van der Waals surface area contributed by atoms with Gasteiger partial charge in [-0.25, -0.2) is 9.18 Å². The van der Waals surface area contributed by atoms with Crippen LogP contribution in [0.15, 0.2) is 12.1 Å². The summed E-state index contributed by atoms with van der Waals surface area (Å²) < 4.78 is 27.8. The Morgan fingerprint density at radius 3 is 2.41 bits per heavy atom. The molecular weight excluding hydrogens is 231 g/mol. The van der Waals surface area contributed by atoms with Crippen molar-refractivity contribution in [2.75, 3.05) is 21.3 Å². The van der Waals surface area contributed by atoms with E-state index in [1.807, 2.05) is 0 Å². The molecule has 1 unspecified atom stereocenters. The second kappa shape index (κ2) is 5.49. The Kier molecular flexibility index (Phi) is 4.28. The third kappa shape index (κ3) is 2.65. The van der Waals surface area contributed by atoms with Crippen LogP contribution < -0.4 is 9.47 Å². The molecule has 0 spiro atoms. The summed E-state index contributed by atoms with van der Waals surface area (Å²) in [6.07, 6.45) is -1.74. The summed E-state index contributed by atoms with van der Waals surface area (Å²) in [6.45, 7) is 0. The fourth-order valence-corrected chi connectivity index (χ4v) is 1.35. The molecule has 1 aromatic carbocycles. The van der Waals surface area contributed by atoms with Crippen LogP contribution in [0.1, 0.15) is 11.7 Å². The molecule has 17 heavy (non-hydrogen) atoms. The Labute approximate surface area is 97.7 Å². The fraction of sp³-hybridized carbons (Fsp3) is 0.364. The lowest BCUT2D eigenvalue weighted by Gasteiger charge is -2.15. The van der Waals surface area contributed by atoms with E-state index in [1.165, 1.54) is 20.3 Å². The van der Waals surface area contributed by atoms with Gasteiger partial charge in [-0.1, -0.05) is 0 Å². The second-order valence-corrected chi connectivity index (χ2v) is 3.15. The Morgan fingerprint density at radius 2 is 1.94 bits per heavy atom. The number of benzene rings is 1. The third-order valence-electron chi connectivity index (χ3n) is 2.22. The molecule has 0 aliphatic rings. The maximum atomic E-state index is 13.7. The van der Waals surface area contributed by atoms with E-state index in [1.54, 1.807) is 0 Å². The summed E-state index contributed by atoms with van der Waals surface area (Å²) in [5, 5.41) is 9.61. The minimum absolute atomic E-state index is 0.0137. The first kappa shape index (κ1) is 13.2. The highest BCUT2D eigenvalue weighted by Crippen LogP contribution is 2.32. The Morgan fingerprint density at radius 1 is 1.29 bits per heavy atom. The van der Waals surface area contributed by atoms with Crippen LogP contribution in [0.4, 0.5) is 4.39 Å². The third-order valence-corrected chi connectivity index (χ3v) is 2.22. The number of methoxy groups -OCH3 is 3. The highest BCUT2D eigenvalue weighted by atomic mass is 19.1. The molecule has 0 fully saturated rings. The molecule has 0 heterocycles. The molecule has 1 rings (SSSR count). The smallest absolute Gasteiger partial charge is 0.339 e. The monoisotopic (exact) mass is 244 g/mol. The van der Waals surface area contributed by atoms with Crippen LogP contribution >= 0.6 is 0 Å².